The monoisotopic (exact) mass is 776 g/mol. The van der Waals surface area contributed by atoms with E-state index < -0.39 is 0 Å². The van der Waals surface area contributed by atoms with Crippen LogP contribution in [0.3, 0.4) is 0 Å². The molecule has 12 aromatic rings. The topological polar surface area (TPSA) is 43.6 Å². The van der Waals surface area contributed by atoms with E-state index in [0.29, 0.717) is 17.5 Å². The predicted molar refractivity (Wildman–Crippen MR) is 254 cm³/mol. The Morgan fingerprint density at radius 2 is 0.754 bits per heavy atom. The van der Waals surface area contributed by atoms with E-state index in [-0.39, 0.29) is 0 Å². The number of hydrogen-bond donors (Lipinski definition) is 0. The number of benzene rings is 10. The normalized spacial score (nSPS) is 11.6. The standard InChI is InChI=1S/C57H36N4/c1-4-17-38(18-5-1)49-34-46(57-59-55(40-20-6-2-7-21-40)58-56(60-57)41-22-8-3-9-23-41)35-50(45-29-28-37-16-10-11-24-42(37)32-45)54(49)61-52-36-44-26-13-12-25-43(44)33-51(52)48-31-30-39-19-14-15-27-47(39)53(48)61/h1-36H. The molecule has 0 atom stereocenters. The van der Waals surface area contributed by atoms with Gasteiger partial charge in [-0.15, -0.1) is 0 Å². The SMILES string of the molecule is c1ccc(-c2nc(-c3ccccc3)nc(-c3cc(-c4ccccc4)c(-n4c5cc6ccccc6cc5c5ccc6ccccc6c54)c(-c4ccc5ccccc5c4)c3)n2)cc1. The van der Waals surface area contributed by atoms with Gasteiger partial charge in [-0.1, -0.05) is 188 Å². The second-order valence-corrected chi connectivity index (χ2v) is 15.6. The average molecular weight is 777 g/mol. The van der Waals surface area contributed by atoms with Gasteiger partial charge in [0.05, 0.1) is 16.7 Å². The quantitative estimate of drug-likeness (QED) is 0.169. The molecule has 0 aliphatic rings. The number of rotatable bonds is 6. The van der Waals surface area contributed by atoms with E-state index in [0.717, 1.165) is 50.1 Å². The number of aromatic nitrogens is 4. The van der Waals surface area contributed by atoms with Crippen molar-refractivity contribution in [3.05, 3.63) is 218 Å². The van der Waals surface area contributed by atoms with Crippen molar-refractivity contribution in [1.29, 1.82) is 0 Å². The van der Waals surface area contributed by atoms with Crippen LogP contribution in [0.2, 0.25) is 0 Å². The largest absolute Gasteiger partial charge is 0.307 e. The van der Waals surface area contributed by atoms with Crippen LogP contribution in [0.25, 0.3) is 116 Å². The maximum absolute atomic E-state index is 5.26. The molecule has 284 valence electrons. The predicted octanol–water partition coefficient (Wildman–Crippen LogP) is 14.8. The van der Waals surface area contributed by atoms with E-state index in [1.807, 2.05) is 36.4 Å². The average Bonchev–Trinajstić information content (AvgIpc) is 3.66. The maximum atomic E-state index is 5.26. The molecule has 61 heavy (non-hydrogen) atoms. The molecule has 0 aliphatic carbocycles. The molecule has 0 saturated heterocycles. The smallest absolute Gasteiger partial charge is 0.164 e. The lowest BCUT2D eigenvalue weighted by atomic mass is 9.91. The minimum absolute atomic E-state index is 0.608. The molecule has 0 bridgehead atoms. The number of fused-ring (bicyclic) bond motifs is 7. The Kier molecular flexibility index (Phi) is 8.13. The lowest BCUT2D eigenvalue weighted by Crippen LogP contribution is -2.04. The van der Waals surface area contributed by atoms with Gasteiger partial charge >= 0.3 is 0 Å². The summed E-state index contributed by atoms with van der Waals surface area (Å²) >= 11 is 0. The minimum Gasteiger partial charge on any atom is -0.307 e. The number of hydrogen-bond acceptors (Lipinski definition) is 3. The van der Waals surface area contributed by atoms with Crippen molar-refractivity contribution in [2.45, 2.75) is 0 Å². The van der Waals surface area contributed by atoms with Gasteiger partial charge in [-0.3, -0.25) is 0 Å². The molecule has 0 amide bonds. The first-order valence-corrected chi connectivity index (χ1v) is 20.7. The van der Waals surface area contributed by atoms with Gasteiger partial charge in [0.15, 0.2) is 17.5 Å². The first kappa shape index (κ1) is 34.8. The minimum atomic E-state index is 0.608. The van der Waals surface area contributed by atoms with Gasteiger partial charge in [-0.25, -0.2) is 15.0 Å². The Morgan fingerprint density at radius 3 is 1.39 bits per heavy atom. The molecule has 10 aromatic carbocycles. The zero-order valence-electron chi connectivity index (χ0n) is 33.1. The molecule has 0 N–H and O–H groups in total. The van der Waals surface area contributed by atoms with E-state index in [2.05, 4.69) is 187 Å². The van der Waals surface area contributed by atoms with Crippen molar-refractivity contribution in [3.63, 3.8) is 0 Å². The Balaban J connectivity index is 1.26. The lowest BCUT2D eigenvalue weighted by molar-refractivity contribution is 1.07. The van der Waals surface area contributed by atoms with Crippen LogP contribution in [0.5, 0.6) is 0 Å². The highest BCUT2D eigenvalue weighted by Crippen LogP contribution is 2.46. The Hall–Kier alpha value is -8.21. The van der Waals surface area contributed by atoms with Crippen LogP contribution in [0.15, 0.2) is 218 Å². The summed E-state index contributed by atoms with van der Waals surface area (Å²) in [5.41, 5.74) is 10.5. The van der Waals surface area contributed by atoms with Crippen LogP contribution < -0.4 is 0 Å². The van der Waals surface area contributed by atoms with Crippen molar-refractivity contribution < 1.29 is 0 Å². The van der Waals surface area contributed by atoms with E-state index in [4.69, 9.17) is 15.0 Å². The second-order valence-electron chi connectivity index (χ2n) is 15.6. The Labute approximate surface area is 352 Å². The van der Waals surface area contributed by atoms with Crippen molar-refractivity contribution in [2.75, 3.05) is 0 Å². The van der Waals surface area contributed by atoms with Crippen molar-refractivity contribution >= 4 is 54.1 Å². The van der Waals surface area contributed by atoms with Gasteiger partial charge in [0.25, 0.3) is 0 Å². The summed E-state index contributed by atoms with van der Waals surface area (Å²) in [6.07, 6.45) is 0. The van der Waals surface area contributed by atoms with Gasteiger partial charge in [-0.05, 0) is 68.4 Å². The van der Waals surface area contributed by atoms with Gasteiger partial charge in [-0.2, -0.15) is 0 Å². The fourth-order valence-electron chi connectivity index (χ4n) is 9.05. The highest BCUT2D eigenvalue weighted by molar-refractivity contribution is 6.21. The zero-order chi connectivity index (χ0) is 40.3. The maximum Gasteiger partial charge on any atom is 0.164 e. The molecule has 0 aliphatic heterocycles. The van der Waals surface area contributed by atoms with Crippen molar-refractivity contribution in [3.8, 4) is 62.1 Å². The van der Waals surface area contributed by atoms with Crippen molar-refractivity contribution in [2.24, 2.45) is 0 Å². The second kappa shape index (κ2) is 14.3. The molecule has 4 heteroatoms. The van der Waals surface area contributed by atoms with Crippen LogP contribution >= 0.6 is 0 Å². The van der Waals surface area contributed by atoms with Gasteiger partial charge < -0.3 is 4.57 Å². The lowest BCUT2D eigenvalue weighted by Gasteiger charge is -2.22. The summed E-state index contributed by atoms with van der Waals surface area (Å²) in [6.45, 7) is 0. The highest BCUT2D eigenvalue weighted by atomic mass is 15.0. The fraction of sp³-hybridized carbons (Fsp3) is 0. The van der Waals surface area contributed by atoms with Crippen LogP contribution in [-0.4, -0.2) is 19.5 Å². The van der Waals surface area contributed by atoms with Gasteiger partial charge in [0.2, 0.25) is 0 Å². The number of nitrogens with zero attached hydrogens (tertiary/aromatic N) is 4. The molecule has 4 nitrogen and oxygen atoms in total. The van der Waals surface area contributed by atoms with E-state index in [1.165, 1.54) is 48.6 Å². The summed E-state index contributed by atoms with van der Waals surface area (Å²) in [7, 11) is 0. The molecule has 0 unspecified atom stereocenters. The van der Waals surface area contributed by atoms with Gasteiger partial charge in [0, 0.05) is 44.0 Å². The highest BCUT2D eigenvalue weighted by Gasteiger charge is 2.24. The molecular weight excluding hydrogens is 741 g/mol. The third-order valence-corrected chi connectivity index (χ3v) is 12.0. The van der Waals surface area contributed by atoms with Crippen LogP contribution in [0.1, 0.15) is 0 Å². The first-order valence-electron chi connectivity index (χ1n) is 20.7. The Morgan fingerprint density at radius 1 is 0.279 bits per heavy atom. The first-order chi connectivity index (χ1) is 30.2. The molecule has 0 radical (unpaired) electrons. The Bertz CT molecular complexity index is 3570. The summed E-state index contributed by atoms with van der Waals surface area (Å²) in [5.74, 6) is 1.86. The third-order valence-electron chi connectivity index (χ3n) is 12.0. The molecule has 0 fully saturated rings. The molecule has 0 saturated carbocycles. The molecule has 2 heterocycles. The molecule has 0 spiro atoms. The van der Waals surface area contributed by atoms with Gasteiger partial charge in [0.1, 0.15) is 0 Å². The van der Waals surface area contributed by atoms with Crippen LogP contribution in [0.4, 0.5) is 0 Å². The van der Waals surface area contributed by atoms with E-state index in [9.17, 15) is 0 Å². The van der Waals surface area contributed by atoms with E-state index >= 15 is 0 Å². The molecular formula is C57H36N4. The van der Waals surface area contributed by atoms with Crippen molar-refractivity contribution in [1.82, 2.24) is 19.5 Å². The summed E-state index contributed by atoms with van der Waals surface area (Å²) in [5, 5.41) is 9.60. The van der Waals surface area contributed by atoms with Crippen LogP contribution in [0, 0.1) is 0 Å². The van der Waals surface area contributed by atoms with Crippen LogP contribution in [-0.2, 0) is 0 Å². The zero-order valence-corrected chi connectivity index (χ0v) is 33.1. The summed E-state index contributed by atoms with van der Waals surface area (Å²) in [6, 6.07) is 77.9. The molecule has 12 rings (SSSR count). The van der Waals surface area contributed by atoms with E-state index in [1.54, 1.807) is 0 Å². The summed E-state index contributed by atoms with van der Waals surface area (Å²) in [4.78, 5) is 15.6. The molecule has 2 aromatic heterocycles. The fourth-order valence-corrected chi connectivity index (χ4v) is 9.05. The summed E-state index contributed by atoms with van der Waals surface area (Å²) < 4.78 is 2.54. The third kappa shape index (κ3) is 5.96.